The number of piperazine rings is 1. The quantitative estimate of drug-likeness (QED) is 0.838. The molecule has 0 spiro atoms. The zero-order valence-electron chi connectivity index (χ0n) is 11.0. The number of hydrogen-bond acceptors (Lipinski definition) is 5. The van der Waals surface area contributed by atoms with Crippen molar-refractivity contribution in [2.24, 2.45) is 0 Å². The molecule has 1 N–H and O–H groups in total. The van der Waals surface area contributed by atoms with Gasteiger partial charge in [0, 0.05) is 38.8 Å². The molecular formula is C13H21N5. The first kappa shape index (κ1) is 11.9. The van der Waals surface area contributed by atoms with Crippen molar-refractivity contribution in [1.82, 2.24) is 20.4 Å². The first-order valence-electron chi connectivity index (χ1n) is 6.83. The van der Waals surface area contributed by atoms with E-state index in [2.05, 4.69) is 37.4 Å². The standard InChI is InChI=1S/C13H21N5/c1-14-10-11-2-5-13(16-15-11)18-8-6-17(7-9-18)12-3-4-12/h2,5,12,14H,3-4,6-10H2,1H3. The predicted molar refractivity (Wildman–Crippen MR) is 71.6 cm³/mol. The molecule has 0 radical (unpaired) electrons. The molecule has 1 saturated carbocycles. The monoisotopic (exact) mass is 247 g/mol. The molecule has 2 aliphatic rings. The summed E-state index contributed by atoms with van der Waals surface area (Å²) in [5, 5.41) is 11.7. The fourth-order valence-corrected chi connectivity index (χ4v) is 2.55. The lowest BCUT2D eigenvalue weighted by molar-refractivity contribution is 0.247. The number of aromatic nitrogens is 2. The molecule has 0 bridgehead atoms. The van der Waals surface area contributed by atoms with E-state index in [1.165, 1.54) is 25.9 Å². The van der Waals surface area contributed by atoms with Crippen molar-refractivity contribution in [3.05, 3.63) is 17.8 Å². The highest BCUT2D eigenvalue weighted by atomic mass is 15.3. The Balaban J connectivity index is 1.57. The maximum Gasteiger partial charge on any atom is 0.151 e. The summed E-state index contributed by atoms with van der Waals surface area (Å²) in [5.41, 5.74) is 0.998. The molecule has 1 aromatic heterocycles. The molecule has 3 rings (SSSR count). The van der Waals surface area contributed by atoms with E-state index in [9.17, 15) is 0 Å². The number of nitrogens with one attached hydrogen (secondary N) is 1. The van der Waals surface area contributed by atoms with Crippen LogP contribution in [0.5, 0.6) is 0 Å². The van der Waals surface area contributed by atoms with E-state index in [0.717, 1.165) is 37.2 Å². The molecule has 0 aromatic carbocycles. The summed E-state index contributed by atoms with van der Waals surface area (Å²) >= 11 is 0. The molecule has 5 heteroatoms. The van der Waals surface area contributed by atoms with Crippen LogP contribution in [0, 0.1) is 0 Å². The third-order valence-corrected chi connectivity index (χ3v) is 3.77. The summed E-state index contributed by atoms with van der Waals surface area (Å²) in [6, 6.07) is 5.04. The topological polar surface area (TPSA) is 44.3 Å². The van der Waals surface area contributed by atoms with E-state index in [1.54, 1.807) is 0 Å². The van der Waals surface area contributed by atoms with Crippen molar-refractivity contribution in [1.29, 1.82) is 0 Å². The second-order valence-electron chi connectivity index (χ2n) is 5.17. The molecule has 0 unspecified atom stereocenters. The SMILES string of the molecule is CNCc1ccc(N2CCN(C3CC3)CC2)nn1. The largest absolute Gasteiger partial charge is 0.353 e. The summed E-state index contributed by atoms with van der Waals surface area (Å²) in [6.45, 7) is 5.28. The Morgan fingerprint density at radius 2 is 1.94 bits per heavy atom. The smallest absolute Gasteiger partial charge is 0.151 e. The van der Waals surface area contributed by atoms with Crippen LogP contribution in [0.4, 0.5) is 5.82 Å². The zero-order chi connectivity index (χ0) is 12.4. The zero-order valence-corrected chi connectivity index (χ0v) is 11.0. The highest BCUT2D eigenvalue weighted by Crippen LogP contribution is 2.28. The maximum atomic E-state index is 4.32. The maximum absolute atomic E-state index is 4.32. The van der Waals surface area contributed by atoms with E-state index in [1.807, 2.05) is 7.05 Å². The van der Waals surface area contributed by atoms with Gasteiger partial charge >= 0.3 is 0 Å². The van der Waals surface area contributed by atoms with Crippen LogP contribution in [0.25, 0.3) is 0 Å². The molecule has 5 nitrogen and oxygen atoms in total. The van der Waals surface area contributed by atoms with Gasteiger partial charge in [-0.25, -0.2) is 0 Å². The average Bonchev–Trinajstić information content (AvgIpc) is 3.25. The lowest BCUT2D eigenvalue weighted by Gasteiger charge is -2.35. The Morgan fingerprint density at radius 3 is 2.50 bits per heavy atom. The van der Waals surface area contributed by atoms with Crippen molar-refractivity contribution in [3.8, 4) is 0 Å². The Labute approximate surface area is 108 Å². The molecule has 98 valence electrons. The third kappa shape index (κ3) is 2.62. The molecule has 0 amide bonds. The van der Waals surface area contributed by atoms with E-state index in [-0.39, 0.29) is 0 Å². The fourth-order valence-electron chi connectivity index (χ4n) is 2.55. The Bertz CT molecular complexity index is 379. The molecule has 1 aliphatic heterocycles. The van der Waals surface area contributed by atoms with Crippen molar-refractivity contribution in [3.63, 3.8) is 0 Å². The van der Waals surface area contributed by atoms with Gasteiger partial charge < -0.3 is 10.2 Å². The second-order valence-corrected chi connectivity index (χ2v) is 5.17. The predicted octanol–water partition coefficient (Wildman–Crippen LogP) is 0.480. The Kier molecular flexibility index (Phi) is 3.43. The van der Waals surface area contributed by atoms with E-state index < -0.39 is 0 Å². The highest BCUT2D eigenvalue weighted by Gasteiger charge is 2.31. The van der Waals surface area contributed by atoms with Gasteiger partial charge in [-0.3, -0.25) is 4.90 Å². The minimum atomic E-state index is 0.780. The van der Waals surface area contributed by atoms with Crippen molar-refractivity contribution in [2.45, 2.75) is 25.4 Å². The van der Waals surface area contributed by atoms with E-state index >= 15 is 0 Å². The molecular weight excluding hydrogens is 226 g/mol. The fraction of sp³-hybridized carbons (Fsp3) is 0.692. The summed E-state index contributed by atoms with van der Waals surface area (Å²) in [6.07, 6.45) is 2.80. The third-order valence-electron chi connectivity index (χ3n) is 3.77. The van der Waals surface area contributed by atoms with Crippen LogP contribution in [-0.4, -0.2) is 54.4 Å². The first-order chi connectivity index (χ1) is 8.86. The van der Waals surface area contributed by atoms with Gasteiger partial charge in [0.2, 0.25) is 0 Å². The van der Waals surface area contributed by atoms with Crippen LogP contribution < -0.4 is 10.2 Å². The van der Waals surface area contributed by atoms with Crippen molar-refractivity contribution < 1.29 is 0 Å². The van der Waals surface area contributed by atoms with Crippen LogP contribution >= 0.6 is 0 Å². The lowest BCUT2D eigenvalue weighted by atomic mass is 10.3. The molecule has 1 saturated heterocycles. The minimum Gasteiger partial charge on any atom is -0.353 e. The normalized spacial score (nSPS) is 21.3. The minimum absolute atomic E-state index is 0.780. The van der Waals surface area contributed by atoms with Crippen LogP contribution in [0.15, 0.2) is 12.1 Å². The highest BCUT2D eigenvalue weighted by molar-refractivity contribution is 5.38. The van der Waals surface area contributed by atoms with Crippen LogP contribution in [-0.2, 0) is 6.54 Å². The van der Waals surface area contributed by atoms with Crippen molar-refractivity contribution in [2.75, 3.05) is 38.1 Å². The molecule has 2 heterocycles. The molecule has 1 aromatic rings. The van der Waals surface area contributed by atoms with Gasteiger partial charge in [0.05, 0.1) is 5.69 Å². The second kappa shape index (κ2) is 5.20. The Hall–Kier alpha value is -1.20. The van der Waals surface area contributed by atoms with Gasteiger partial charge in [-0.05, 0) is 32.0 Å². The van der Waals surface area contributed by atoms with Gasteiger partial charge in [0.15, 0.2) is 5.82 Å². The average molecular weight is 247 g/mol. The molecule has 0 atom stereocenters. The number of anilines is 1. The summed E-state index contributed by atoms with van der Waals surface area (Å²) in [4.78, 5) is 4.95. The molecule has 1 aliphatic carbocycles. The molecule has 18 heavy (non-hydrogen) atoms. The van der Waals surface area contributed by atoms with Crippen LogP contribution in [0.1, 0.15) is 18.5 Å². The molecule has 2 fully saturated rings. The summed E-state index contributed by atoms with van der Waals surface area (Å²) in [7, 11) is 1.92. The Morgan fingerprint density at radius 1 is 1.17 bits per heavy atom. The lowest BCUT2D eigenvalue weighted by Crippen LogP contribution is -2.47. The van der Waals surface area contributed by atoms with Gasteiger partial charge in [-0.1, -0.05) is 0 Å². The van der Waals surface area contributed by atoms with E-state index in [0.29, 0.717) is 0 Å². The van der Waals surface area contributed by atoms with Crippen LogP contribution in [0.2, 0.25) is 0 Å². The van der Waals surface area contributed by atoms with Gasteiger partial charge in [-0.15, -0.1) is 5.10 Å². The number of nitrogens with zero attached hydrogens (tertiary/aromatic N) is 4. The van der Waals surface area contributed by atoms with Gasteiger partial charge in [-0.2, -0.15) is 5.10 Å². The van der Waals surface area contributed by atoms with Crippen molar-refractivity contribution >= 4 is 5.82 Å². The summed E-state index contributed by atoms with van der Waals surface area (Å²) < 4.78 is 0. The first-order valence-corrected chi connectivity index (χ1v) is 6.83. The van der Waals surface area contributed by atoms with E-state index in [4.69, 9.17) is 0 Å². The van der Waals surface area contributed by atoms with Gasteiger partial charge in [0.1, 0.15) is 0 Å². The number of rotatable bonds is 4. The number of hydrogen-bond donors (Lipinski definition) is 1. The summed E-state index contributed by atoms with van der Waals surface area (Å²) in [5.74, 6) is 1.02. The van der Waals surface area contributed by atoms with Crippen LogP contribution in [0.3, 0.4) is 0 Å². The van der Waals surface area contributed by atoms with Gasteiger partial charge in [0.25, 0.3) is 0 Å².